The Bertz CT molecular complexity index is 724. The van der Waals surface area contributed by atoms with Gasteiger partial charge in [-0.25, -0.2) is 0 Å². The van der Waals surface area contributed by atoms with Crippen molar-refractivity contribution in [2.45, 2.75) is 186 Å². The zero-order valence-electron chi connectivity index (χ0n) is 30.1. The third kappa shape index (κ3) is 25.1. The molecule has 2 unspecified atom stereocenters. The number of allylic oxidation sites excluding steroid dienone is 8. The molecule has 0 spiro atoms. The maximum atomic E-state index is 6.61. The second-order valence-corrected chi connectivity index (χ2v) is 13.5. The summed E-state index contributed by atoms with van der Waals surface area (Å²) in [5, 5.41) is 0. The van der Waals surface area contributed by atoms with Crippen molar-refractivity contribution in [1.82, 2.24) is 4.90 Å². The molecule has 0 saturated carbocycles. The molecular weight excluding hydrogens is 538 g/mol. The Labute approximate surface area is 276 Å². The van der Waals surface area contributed by atoms with E-state index in [0.717, 1.165) is 38.8 Å². The lowest BCUT2D eigenvalue weighted by Crippen LogP contribution is -2.33. The number of hydrogen-bond acceptors (Lipinski definition) is 3. The first-order valence-electron chi connectivity index (χ1n) is 19.2. The topological polar surface area (TPSA) is 21.7 Å². The zero-order chi connectivity index (χ0) is 31.8. The molecule has 0 radical (unpaired) electrons. The van der Waals surface area contributed by atoms with E-state index in [4.69, 9.17) is 9.47 Å². The van der Waals surface area contributed by atoms with Gasteiger partial charge in [0.1, 0.15) is 0 Å². The standard InChI is InChI=1S/C41H75NO2/c1-5-7-9-11-13-15-17-19-21-23-25-27-29-31-33-35-37-41(43-39-40(44-41)38-42(3)4)36-34-32-30-28-26-24-22-20-18-16-14-12-10-8-6-2/h12-15,18-21,40H,5-11,16-17,22-39H2,1-4H3/b14-12-,15-13-,20-18-,21-19-. The number of hydrogen-bond donors (Lipinski definition) is 0. The predicted octanol–water partition coefficient (Wildman–Crippen LogP) is 12.7. The lowest BCUT2D eigenvalue weighted by Gasteiger charge is -2.29. The molecule has 1 rings (SSSR count). The van der Waals surface area contributed by atoms with Gasteiger partial charge in [0, 0.05) is 19.4 Å². The van der Waals surface area contributed by atoms with Gasteiger partial charge >= 0.3 is 0 Å². The van der Waals surface area contributed by atoms with Crippen molar-refractivity contribution in [1.29, 1.82) is 0 Å². The van der Waals surface area contributed by atoms with Crippen molar-refractivity contribution >= 4 is 0 Å². The minimum atomic E-state index is -0.328. The molecule has 0 aliphatic carbocycles. The second kappa shape index (κ2) is 30.5. The Balaban J connectivity index is 2.14. The number of likely N-dealkylation sites (N-methyl/N-ethyl adjacent to an activating group) is 1. The van der Waals surface area contributed by atoms with E-state index in [1.165, 1.54) is 135 Å². The van der Waals surface area contributed by atoms with Crippen LogP contribution in [0.4, 0.5) is 0 Å². The third-order valence-electron chi connectivity index (χ3n) is 8.75. The summed E-state index contributed by atoms with van der Waals surface area (Å²) in [6, 6.07) is 0. The molecule has 0 amide bonds. The average Bonchev–Trinajstić information content (AvgIpc) is 3.40. The van der Waals surface area contributed by atoms with E-state index in [9.17, 15) is 0 Å². The van der Waals surface area contributed by atoms with Crippen molar-refractivity contribution in [2.24, 2.45) is 0 Å². The summed E-state index contributed by atoms with van der Waals surface area (Å²) in [5.41, 5.74) is 0. The van der Waals surface area contributed by atoms with Gasteiger partial charge in [-0.05, 0) is 84.7 Å². The maximum absolute atomic E-state index is 6.61. The molecule has 1 fully saturated rings. The fraction of sp³-hybridized carbons (Fsp3) is 0.805. The van der Waals surface area contributed by atoms with Crippen LogP contribution in [0.25, 0.3) is 0 Å². The van der Waals surface area contributed by atoms with Crippen molar-refractivity contribution in [3.8, 4) is 0 Å². The molecule has 256 valence electrons. The summed E-state index contributed by atoms with van der Waals surface area (Å²) >= 11 is 0. The van der Waals surface area contributed by atoms with Crippen LogP contribution in [-0.4, -0.2) is 44.0 Å². The largest absolute Gasteiger partial charge is 0.347 e. The highest BCUT2D eigenvalue weighted by Crippen LogP contribution is 2.35. The quantitative estimate of drug-likeness (QED) is 0.0573. The zero-order valence-corrected chi connectivity index (χ0v) is 30.1. The van der Waals surface area contributed by atoms with Crippen LogP contribution < -0.4 is 0 Å². The number of rotatable bonds is 31. The van der Waals surface area contributed by atoms with Gasteiger partial charge in [0.25, 0.3) is 0 Å². The molecule has 3 heteroatoms. The highest BCUT2D eigenvalue weighted by Gasteiger charge is 2.40. The van der Waals surface area contributed by atoms with Gasteiger partial charge in [-0.15, -0.1) is 0 Å². The lowest BCUT2D eigenvalue weighted by atomic mass is 9.98. The van der Waals surface area contributed by atoms with Gasteiger partial charge in [0.05, 0.1) is 12.7 Å². The minimum Gasteiger partial charge on any atom is -0.347 e. The van der Waals surface area contributed by atoms with Crippen LogP contribution in [0.15, 0.2) is 48.6 Å². The number of unbranched alkanes of at least 4 members (excludes halogenated alkanes) is 17. The monoisotopic (exact) mass is 614 g/mol. The minimum absolute atomic E-state index is 0.217. The highest BCUT2D eigenvalue weighted by atomic mass is 16.7. The Morgan fingerprint density at radius 1 is 0.523 bits per heavy atom. The van der Waals surface area contributed by atoms with Crippen LogP contribution in [-0.2, 0) is 9.47 Å². The molecular formula is C41H75NO2. The van der Waals surface area contributed by atoms with Crippen molar-refractivity contribution in [2.75, 3.05) is 27.2 Å². The molecule has 0 aromatic rings. The highest BCUT2D eigenvalue weighted by molar-refractivity contribution is 4.93. The Morgan fingerprint density at radius 2 is 0.932 bits per heavy atom. The fourth-order valence-electron chi connectivity index (χ4n) is 6.08. The molecule has 0 aromatic heterocycles. The first kappa shape index (κ1) is 40.9. The molecule has 44 heavy (non-hydrogen) atoms. The normalized spacial score (nSPS) is 19.3. The Hall–Kier alpha value is -1.16. The predicted molar refractivity (Wildman–Crippen MR) is 195 cm³/mol. The average molecular weight is 614 g/mol. The van der Waals surface area contributed by atoms with Crippen LogP contribution in [0, 0.1) is 0 Å². The van der Waals surface area contributed by atoms with Crippen LogP contribution in [0.2, 0.25) is 0 Å². The smallest absolute Gasteiger partial charge is 0.168 e. The third-order valence-corrected chi connectivity index (χ3v) is 8.75. The summed E-state index contributed by atoms with van der Waals surface area (Å²) in [6.45, 7) is 6.23. The van der Waals surface area contributed by atoms with Crippen LogP contribution in [0.5, 0.6) is 0 Å². The first-order chi connectivity index (χ1) is 21.6. The van der Waals surface area contributed by atoms with E-state index in [-0.39, 0.29) is 11.9 Å². The molecule has 1 aliphatic rings. The molecule has 0 N–H and O–H groups in total. The van der Waals surface area contributed by atoms with Crippen molar-refractivity contribution < 1.29 is 9.47 Å². The van der Waals surface area contributed by atoms with Gasteiger partial charge in [0.2, 0.25) is 0 Å². The van der Waals surface area contributed by atoms with E-state index in [1.54, 1.807) is 0 Å². The molecule has 3 nitrogen and oxygen atoms in total. The summed E-state index contributed by atoms with van der Waals surface area (Å²) in [4.78, 5) is 2.23. The van der Waals surface area contributed by atoms with E-state index in [1.807, 2.05) is 0 Å². The molecule has 0 bridgehead atoms. The van der Waals surface area contributed by atoms with Gasteiger partial charge < -0.3 is 14.4 Å². The second-order valence-electron chi connectivity index (χ2n) is 13.5. The molecule has 0 aromatic carbocycles. The van der Waals surface area contributed by atoms with E-state index in [0.29, 0.717) is 0 Å². The van der Waals surface area contributed by atoms with E-state index >= 15 is 0 Å². The fourth-order valence-corrected chi connectivity index (χ4v) is 6.08. The Morgan fingerprint density at radius 3 is 1.39 bits per heavy atom. The van der Waals surface area contributed by atoms with Crippen LogP contribution in [0.3, 0.4) is 0 Å². The van der Waals surface area contributed by atoms with Crippen molar-refractivity contribution in [3.63, 3.8) is 0 Å². The van der Waals surface area contributed by atoms with E-state index in [2.05, 4.69) is 81.5 Å². The summed E-state index contributed by atoms with van der Waals surface area (Å²) < 4.78 is 13.0. The SMILES string of the molecule is CCCC/C=C\C/C=C\CCCCCCCCC1(CCCCCCCC/C=C\C/C=C\CCCCC)OCC(CN(C)C)O1. The lowest BCUT2D eigenvalue weighted by molar-refractivity contribution is -0.180. The van der Waals surface area contributed by atoms with Crippen LogP contribution >= 0.6 is 0 Å². The molecule has 1 aliphatic heterocycles. The van der Waals surface area contributed by atoms with Gasteiger partial charge in [-0.1, -0.05) is 140 Å². The maximum Gasteiger partial charge on any atom is 0.168 e. The van der Waals surface area contributed by atoms with E-state index < -0.39 is 0 Å². The first-order valence-corrected chi connectivity index (χ1v) is 19.2. The summed E-state index contributed by atoms with van der Waals surface area (Å²) in [7, 11) is 4.26. The van der Waals surface area contributed by atoms with Gasteiger partial charge in [-0.2, -0.15) is 0 Å². The van der Waals surface area contributed by atoms with Crippen LogP contribution in [0.1, 0.15) is 174 Å². The Kier molecular flexibility index (Phi) is 28.3. The number of ether oxygens (including phenoxy) is 2. The molecule has 1 saturated heterocycles. The summed E-state index contributed by atoms with van der Waals surface area (Å²) in [6.07, 6.45) is 50.7. The molecule has 2 atom stereocenters. The molecule has 1 heterocycles. The van der Waals surface area contributed by atoms with Gasteiger partial charge in [-0.3, -0.25) is 0 Å². The number of nitrogens with zero attached hydrogens (tertiary/aromatic N) is 1. The van der Waals surface area contributed by atoms with Crippen molar-refractivity contribution in [3.05, 3.63) is 48.6 Å². The van der Waals surface area contributed by atoms with Gasteiger partial charge in [0.15, 0.2) is 5.79 Å². The summed E-state index contributed by atoms with van der Waals surface area (Å²) in [5.74, 6) is -0.328.